The van der Waals surface area contributed by atoms with Gasteiger partial charge in [0.05, 0.1) is 23.3 Å². The molecule has 12 heteroatoms. The van der Waals surface area contributed by atoms with Crippen LogP contribution in [-0.4, -0.2) is 54.0 Å². The molecule has 1 aliphatic rings. The highest BCUT2D eigenvalue weighted by molar-refractivity contribution is 7.98. The first-order valence-corrected chi connectivity index (χ1v) is 17.0. The molecule has 0 N–H and O–H groups in total. The third-order valence-electron chi connectivity index (χ3n) is 7.79. The van der Waals surface area contributed by atoms with E-state index in [0.29, 0.717) is 33.4 Å². The van der Waals surface area contributed by atoms with E-state index in [2.05, 4.69) is 4.98 Å². The number of carbonyl (C=O) groups is 1. The molecule has 0 radical (unpaired) electrons. The third kappa shape index (κ3) is 7.06. The van der Waals surface area contributed by atoms with Gasteiger partial charge in [0.2, 0.25) is 0 Å². The quantitative estimate of drug-likeness (QED) is 0.161. The Bertz CT molecular complexity index is 1790. The van der Waals surface area contributed by atoms with Gasteiger partial charge in [0.15, 0.2) is 32.4 Å². The number of hydrogen-bond acceptors (Lipinski definition) is 6. The maximum absolute atomic E-state index is 14.2. The van der Waals surface area contributed by atoms with Gasteiger partial charge in [-0.1, -0.05) is 49.3 Å². The summed E-state index contributed by atoms with van der Waals surface area (Å²) in [5, 5.41) is 0.760. The Morgan fingerprint density at radius 2 is 1.68 bits per heavy atom. The number of nitrogens with zero attached hydrogens (tertiary/aromatic N) is 3. The molecule has 6 nitrogen and oxygen atoms in total. The van der Waals surface area contributed by atoms with Crippen molar-refractivity contribution >= 4 is 39.0 Å². The molecule has 0 amide bonds. The molecule has 1 fully saturated rings. The summed E-state index contributed by atoms with van der Waals surface area (Å²) in [4.78, 5) is 19.0. The van der Waals surface area contributed by atoms with E-state index in [1.165, 1.54) is 42.1 Å². The van der Waals surface area contributed by atoms with Crippen LogP contribution in [0.1, 0.15) is 43.5 Å². The Balaban J connectivity index is 1.39. The topological polar surface area (TPSA) is 72.3 Å². The minimum atomic E-state index is -3.86. The molecule has 5 rings (SSSR count). The average molecular weight is 662 g/mol. The number of benzene rings is 3. The van der Waals surface area contributed by atoms with Gasteiger partial charge in [-0.15, -0.1) is 0 Å². The number of carbonyl (C=O) groups excluding carboxylic acids is 1. The number of rotatable bonds is 11. The zero-order valence-corrected chi connectivity index (χ0v) is 26.6. The summed E-state index contributed by atoms with van der Waals surface area (Å²) < 4.78 is 69.4. The number of imidazole rings is 1. The van der Waals surface area contributed by atoms with Crippen molar-refractivity contribution in [3.8, 4) is 5.69 Å². The fourth-order valence-electron chi connectivity index (χ4n) is 5.26. The first-order chi connectivity index (χ1) is 20.8. The lowest BCUT2D eigenvalue weighted by molar-refractivity contribution is -0.117. The fraction of sp³-hybridized carbons (Fsp3) is 0.312. The molecular weight excluding hydrogens is 631 g/mol. The number of likely N-dealkylation sites (tertiary alicyclic amines) is 1. The summed E-state index contributed by atoms with van der Waals surface area (Å²) in [5.74, 6) is -2.94. The molecule has 0 aliphatic carbocycles. The summed E-state index contributed by atoms with van der Waals surface area (Å²) >= 11 is 7.85. The molecule has 0 unspecified atom stereocenters. The maximum Gasteiger partial charge on any atom is 0.185 e. The van der Waals surface area contributed by atoms with Crippen molar-refractivity contribution in [2.24, 2.45) is 0 Å². The second-order valence-corrected chi connectivity index (χ2v) is 14.7. The normalized spacial score (nSPS) is 14.3. The highest BCUT2D eigenvalue weighted by Gasteiger charge is 2.30. The summed E-state index contributed by atoms with van der Waals surface area (Å²) in [7, 11) is -3.86. The van der Waals surface area contributed by atoms with Crippen molar-refractivity contribution in [3.05, 3.63) is 106 Å². The summed E-state index contributed by atoms with van der Waals surface area (Å²) in [5.41, 5.74) is 1.62. The molecule has 44 heavy (non-hydrogen) atoms. The highest BCUT2D eigenvalue weighted by Crippen LogP contribution is 2.38. The zero-order chi connectivity index (χ0) is 31.6. The molecule has 0 spiro atoms. The van der Waals surface area contributed by atoms with E-state index < -0.39 is 38.5 Å². The SMILES string of the molecule is CC(C)(c1ccc(F)c(F)c1)c1cnc(SCc2ccc(S(=O)(=O)CC(=O)CN3CCCC3)cc2Cl)n1-c1ccc(F)cc1. The molecule has 232 valence electrons. The number of sulfone groups is 1. The molecule has 1 aromatic heterocycles. The van der Waals surface area contributed by atoms with Crippen molar-refractivity contribution < 1.29 is 26.4 Å². The lowest BCUT2D eigenvalue weighted by Gasteiger charge is -2.27. The van der Waals surface area contributed by atoms with E-state index in [0.717, 1.165) is 38.1 Å². The predicted molar refractivity (Wildman–Crippen MR) is 166 cm³/mol. The minimum absolute atomic E-state index is 0.0191. The van der Waals surface area contributed by atoms with Gasteiger partial charge in [-0.05, 0) is 85.6 Å². The van der Waals surface area contributed by atoms with Gasteiger partial charge in [-0.25, -0.2) is 26.6 Å². The van der Waals surface area contributed by atoms with Crippen LogP contribution in [0.3, 0.4) is 0 Å². The van der Waals surface area contributed by atoms with Gasteiger partial charge in [-0.2, -0.15) is 0 Å². The number of halogens is 4. The van der Waals surface area contributed by atoms with Gasteiger partial charge in [0, 0.05) is 21.9 Å². The molecule has 3 aromatic carbocycles. The third-order valence-corrected chi connectivity index (χ3v) is 10.8. The van der Waals surface area contributed by atoms with Crippen molar-refractivity contribution in [3.63, 3.8) is 0 Å². The minimum Gasteiger partial charge on any atom is -0.297 e. The Labute approximate surface area is 264 Å². The van der Waals surface area contributed by atoms with Crippen LogP contribution < -0.4 is 0 Å². The average Bonchev–Trinajstić information content (AvgIpc) is 3.64. The first kappa shape index (κ1) is 32.3. The Kier molecular flexibility index (Phi) is 9.60. The van der Waals surface area contributed by atoms with Gasteiger partial charge >= 0.3 is 0 Å². The van der Waals surface area contributed by atoms with E-state index in [9.17, 15) is 26.4 Å². The van der Waals surface area contributed by atoms with Crippen LogP contribution in [0.25, 0.3) is 5.69 Å². The maximum atomic E-state index is 14.2. The molecule has 1 aliphatic heterocycles. The number of thioether (sulfide) groups is 1. The van der Waals surface area contributed by atoms with Gasteiger partial charge in [0.25, 0.3) is 0 Å². The summed E-state index contributed by atoms with van der Waals surface area (Å²) in [6.45, 7) is 5.44. The number of Topliss-reactive ketones (excluding diaryl/α,β-unsaturated/α-hetero) is 1. The van der Waals surface area contributed by atoms with Crippen LogP contribution in [0.2, 0.25) is 5.02 Å². The second kappa shape index (κ2) is 13.1. The Morgan fingerprint density at radius 1 is 0.977 bits per heavy atom. The fourth-order valence-corrected chi connectivity index (χ4v) is 7.90. The monoisotopic (exact) mass is 661 g/mol. The van der Waals surface area contributed by atoms with Gasteiger partial charge in [-0.3, -0.25) is 14.3 Å². The van der Waals surface area contributed by atoms with Crippen LogP contribution >= 0.6 is 23.4 Å². The lowest BCUT2D eigenvalue weighted by Crippen LogP contribution is -2.30. The molecule has 0 saturated carbocycles. The van der Waals surface area contributed by atoms with Crippen molar-refractivity contribution in [1.29, 1.82) is 0 Å². The number of hydrogen-bond donors (Lipinski definition) is 0. The summed E-state index contributed by atoms with van der Waals surface area (Å²) in [6, 6.07) is 14.0. The van der Waals surface area contributed by atoms with E-state index in [-0.39, 0.29) is 22.2 Å². The summed E-state index contributed by atoms with van der Waals surface area (Å²) in [6.07, 6.45) is 3.66. The molecule has 1 saturated heterocycles. The standard InChI is InChI=1S/C32H31ClF3N3O3S2/c1-32(2,22-6-12-28(35)29(36)15-22)30-17-37-31(39(30)24-9-7-23(34)8-10-24)43-19-21-5-11-26(16-27(21)33)44(41,42)20-25(40)18-38-13-3-4-14-38/h5-12,15-17H,3-4,13-14,18-20H2,1-2H3. The second-order valence-electron chi connectivity index (χ2n) is 11.3. The van der Waals surface area contributed by atoms with Gasteiger partial charge < -0.3 is 0 Å². The van der Waals surface area contributed by atoms with Crippen LogP contribution in [-0.2, 0) is 25.8 Å². The van der Waals surface area contributed by atoms with Crippen molar-refractivity contribution in [1.82, 2.24) is 14.5 Å². The molecule has 4 aromatic rings. The smallest absolute Gasteiger partial charge is 0.185 e. The molecule has 0 atom stereocenters. The van der Waals surface area contributed by atoms with E-state index in [4.69, 9.17) is 11.6 Å². The molecule has 2 heterocycles. The van der Waals surface area contributed by atoms with Crippen molar-refractivity contribution in [2.45, 2.75) is 47.9 Å². The molecular formula is C32H31ClF3N3O3S2. The first-order valence-electron chi connectivity index (χ1n) is 14.0. The van der Waals surface area contributed by atoms with E-state index >= 15 is 0 Å². The molecule has 0 bridgehead atoms. The van der Waals surface area contributed by atoms with E-state index in [1.54, 1.807) is 24.4 Å². The van der Waals surface area contributed by atoms with Crippen LogP contribution in [0.4, 0.5) is 13.2 Å². The highest BCUT2D eigenvalue weighted by atomic mass is 35.5. The largest absolute Gasteiger partial charge is 0.297 e. The van der Waals surface area contributed by atoms with Crippen LogP contribution in [0.15, 0.2) is 76.9 Å². The predicted octanol–water partition coefficient (Wildman–Crippen LogP) is 7.00. The van der Waals surface area contributed by atoms with E-state index in [1.807, 2.05) is 23.3 Å². The zero-order valence-electron chi connectivity index (χ0n) is 24.2. The lowest BCUT2D eigenvalue weighted by atomic mass is 9.81. The van der Waals surface area contributed by atoms with Crippen LogP contribution in [0.5, 0.6) is 0 Å². The van der Waals surface area contributed by atoms with Crippen LogP contribution in [0, 0.1) is 17.5 Å². The van der Waals surface area contributed by atoms with Crippen molar-refractivity contribution in [2.75, 3.05) is 25.4 Å². The Morgan fingerprint density at radius 3 is 2.34 bits per heavy atom. The van der Waals surface area contributed by atoms with Gasteiger partial charge in [0.1, 0.15) is 11.6 Å². The number of ketones is 1. The number of aromatic nitrogens is 2. The Hall–Kier alpha value is -3.12.